The molecule has 4 saturated carbocycles. The third-order valence-electron chi connectivity index (χ3n) is 13.2. The number of nitrogens with one attached hydrogen (secondary N) is 1. The Labute approximate surface area is 271 Å². The van der Waals surface area contributed by atoms with Crippen molar-refractivity contribution in [3.8, 4) is 0 Å². The van der Waals surface area contributed by atoms with Crippen LogP contribution in [0.15, 0.2) is 0 Å². The molecule has 0 unspecified atom stereocenters. The van der Waals surface area contributed by atoms with E-state index in [-0.39, 0.29) is 5.41 Å². The molecule has 0 aliphatic heterocycles. The number of unbranched alkanes of at least 4 members (excludes halogenated alkanes) is 1. The van der Waals surface area contributed by atoms with Crippen molar-refractivity contribution in [3.05, 3.63) is 0 Å². The summed E-state index contributed by atoms with van der Waals surface area (Å²) in [6.07, 6.45) is 17.5. The highest BCUT2D eigenvalue weighted by Crippen LogP contribution is 2.69. The van der Waals surface area contributed by atoms with E-state index in [1.165, 1.54) is 64.2 Å². The van der Waals surface area contributed by atoms with E-state index < -0.39 is 0 Å². The molecule has 0 radical (unpaired) electrons. The fraction of sp³-hybridized carbons (Fsp3) is 1.00. The Hall–Kier alpha value is -0.280. The standard InChI is InChI=1S/C37H72N4O3/c1-5-6-19-41-20-7-11-27(2)30-12-13-31-35-32(26-34(37(30,31)4)44-23-10-18-40)36(3)15-14-29(42-21-8-16-38)24-28(36)25-33(35)43-22-9-17-39/h27-35,41H,5-26,38-40H2,1-4H3/t27-,28+,29-,30-,31+,32+,33-,34+,35+,36+,37-/m1/s1. The largest absolute Gasteiger partial charge is 0.378 e. The Morgan fingerprint density at radius 3 is 2.16 bits per heavy atom. The minimum Gasteiger partial charge on any atom is -0.378 e. The predicted octanol–water partition coefficient (Wildman–Crippen LogP) is 5.87. The molecular formula is C37H72N4O3. The van der Waals surface area contributed by atoms with Crippen LogP contribution in [0.4, 0.5) is 0 Å². The van der Waals surface area contributed by atoms with Gasteiger partial charge in [-0.3, -0.25) is 0 Å². The van der Waals surface area contributed by atoms with E-state index in [4.69, 9.17) is 31.4 Å². The fourth-order valence-electron chi connectivity index (χ4n) is 10.8. The quantitative estimate of drug-likeness (QED) is 0.126. The van der Waals surface area contributed by atoms with Gasteiger partial charge in [0, 0.05) is 25.2 Å². The van der Waals surface area contributed by atoms with Gasteiger partial charge in [-0.05, 0) is 157 Å². The first-order valence-corrected chi connectivity index (χ1v) is 19.0. The zero-order valence-corrected chi connectivity index (χ0v) is 29.2. The number of nitrogens with two attached hydrogens (primary N) is 3. The Bertz CT molecular complexity index is 818. The fourth-order valence-corrected chi connectivity index (χ4v) is 10.8. The van der Waals surface area contributed by atoms with Crippen molar-refractivity contribution in [3.63, 3.8) is 0 Å². The highest BCUT2D eigenvalue weighted by Gasteiger charge is 2.66. The maximum Gasteiger partial charge on any atom is 0.0637 e. The maximum absolute atomic E-state index is 7.00. The first kappa shape index (κ1) is 36.6. The normalized spacial score (nSPS) is 39.1. The second-order valence-corrected chi connectivity index (χ2v) is 15.7. The van der Waals surface area contributed by atoms with Crippen molar-refractivity contribution in [2.24, 2.45) is 63.5 Å². The highest BCUT2D eigenvalue weighted by molar-refractivity contribution is 5.15. The summed E-state index contributed by atoms with van der Waals surface area (Å²) in [5.41, 5.74) is 18.2. The monoisotopic (exact) mass is 621 g/mol. The molecule has 0 heterocycles. The van der Waals surface area contributed by atoms with Crippen LogP contribution in [0.2, 0.25) is 0 Å². The molecule has 4 aliphatic rings. The van der Waals surface area contributed by atoms with Crippen LogP contribution in [0.1, 0.15) is 118 Å². The maximum atomic E-state index is 7.00. The average molecular weight is 621 g/mol. The van der Waals surface area contributed by atoms with Crippen molar-refractivity contribution < 1.29 is 14.2 Å². The Kier molecular flexibility index (Phi) is 14.7. The lowest BCUT2D eigenvalue weighted by molar-refractivity contribution is -0.227. The van der Waals surface area contributed by atoms with Crippen LogP contribution in [-0.4, -0.2) is 70.9 Å². The molecule has 7 nitrogen and oxygen atoms in total. The van der Waals surface area contributed by atoms with Gasteiger partial charge in [0.1, 0.15) is 0 Å². The van der Waals surface area contributed by atoms with Gasteiger partial charge in [0.25, 0.3) is 0 Å². The summed E-state index contributed by atoms with van der Waals surface area (Å²) >= 11 is 0. The first-order valence-electron chi connectivity index (χ1n) is 19.0. The molecule has 0 aromatic heterocycles. The zero-order valence-electron chi connectivity index (χ0n) is 29.2. The zero-order chi connectivity index (χ0) is 31.6. The van der Waals surface area contributed by atoms with Crippen LogP contribution >= 0.6 is 0 Å². The van der Waals surface area contributed by atoms with Crippen molar-refractivity contribution in [2.45, 2.75) is 136 Å². The Morgan fingerprint density at radius 2 is 1.45 bits per heavy atom. The number of rotatable bonds is 20. The van der Waals surface area contributed by atoms with E-state index in [2.05, 4.69) is 33.0 Å². The molecule has 4 aliphatic carbocycles. The third-order valence-corrected chi connectivity index (χ3v) is 13.2. The lowest BCUT2D eigenvalue weighted by atomic mass is 9.43. The van der Waals surface area contributed by atoms with E-state index in [0.29, 0.717) is 78.9 Å². The van der Waals surface area contributed by atoms with Crippen LogP contribution < -0.4 is 22.5 Å². The number of ether oxygens (including phenoxy) is 3. The molecule has 0 saturated heterocycles. The van der Waals surface area contributed by atoms with Gasteiger partial charge in [-0.2, -0.15) is 0 Å². The van der Waals surface area contributed by atoms with E-state index in [1.54, 1.807) is 0 Å². The number of hydrogen-bond donors (Lipinski definition) is 4. The van der Waals surface area contributed by atoms with Gasteiger partial charge < -0.3 is 36.7 Å². The lowest BCUT2D eigenvalue weighted by Crippen LogP contribution is -2.63. The van der Waals surface area contributed by atoms with Gasteiger partial charge in [-0.15, -0.1) is 0 Å². The van der Waals surface area contributed by atoms with Gasteiger partial charge in [0.15, 0.2) is 0 Å². The van der Waals surface area contributed by atoms with Crippen LogP contribution in [-0.2, 0) is 14.2 Å². The summed E-state index contributed by atoms with van der Waals surface area (Å²) in [6.45, 7) is 16.9. The number of hydrogen-bond acceptors (Lipinski definition) is 7. The first-order chi connectivity index (χ1) is 21.3. The van der Waals surface area contributed by atoms with Gasteiger partial charge in [0.05, 0.1) is 18.3 Å². The van der Waals surface area contributed by atoms with Gasteiger partial charge in [0.2, 0.25) is 0 Å². The molecule has 0 aromatic rings. The lowest BCUT2D eigenvalue weighted by Gasteiger charge is -2.65. The second-order valence-electron chi connectivity index (χ2n) is 15.7. The molecule has 44 heavy (non-hydrogen) atoms. The summed E-state index contributed by atoms with van der Waals surface area (Å²) in [6, 6.07) is 0. The minimum atomic E-state index is 0.187. The van der Waals surface area contributed by atoms with E-state index in [0.717, 1.165) is 58.6 Å². The Balaban J connectivity index is 1.57. The van der Waals surface area contributed by atoms with Gasteiger partial charge >= 0.3 is 0 Å². The molecule has 0 bridgehead atoms. The summed E-state index contributed by atoms with van der Waals surface area (Å²) in [4.78, 5) is 0. The van der Waals surface area contributed by atoms with Crippen molar-refractivity contribution in [1.29, 1.82) is 0 Å². The van der Waals surface area contributed by atoms with Gasteiger partial charge in [-0.25, -0.2) is 0 Å². The summed E-state index contributed by atoms with van der Waals surface area (Å²) < 4.78 is 20.3. The second kappa shape index (κ2) is 17.8. The number of fused-ring (bicyclic) bond motifs is 5. The molecule has 0 aromatic carbocycles. The van der Waals surface area contributed by atoms with Crippen LogP contribution in [0, 0.1) is 46.3 Å². The molecule has 258 valence electrons. The molecule has 0 amide bonds. The van der Waals surface area contributed by atoms with Gasteiger partial charge in [-0.1, -0.05) is 34.1 Å². The predicted molar refractivity (Wildman–Crippen MR) is 182 cm³/mol. The summed E-state index contributed by atoms with van der Waals surface area (Å²) in [5, 5.41) is 3.68. The topological polar surface area (TPSA) is 118 Å². The highest BCUT2D eigenvalue weighted by atomic mass is 16.5. The molecule has 7 N–H and O–H groups in total. The molecule has 11 atom stereocenters. The van der Waals surface area contributed by atoms with E-state index in [9.17, 15) is 0 Å². The molecule has 4 rings (SSSR count). The molecule has 4 fully saturated rings. The molecule has 7 heteroatoms. The van der Waals surface area contributed by atoms with E-state index in [1.807, 2.05) is 0 Å². The van der Waals surface area contributed by atoms with Crippen LogP contribution in [0.3, 0.4) is 0 Å². The third kappa shape index (κ3) is 8.22. The smallest absolute Gasteiger partial charge is 0.0637 e. The summed E-state index contributed by atoms with van der Waals surface area (Å²) in [5.74, 6) is 3.93. The van der Waals surface area contributed by atoms with Crippen LogP contribution in [0.5, 0.6) is 0 Å². The van der Waals surface area contributed by atoms with Crippen molar-refractivity contribution in [2.75, 3.05) is 52.5 Å². The van der Waals surface area contributed by atoms with Crippen molar-refractivity contribution in [1.82, 2.24) is 5.32 Å². The Morgan fingerprint density at radius 1 is 0.773 bits per heavy atom. The molecule has 0 spiro atoms. The van der Waals surface area contributed by atoms with E-state index >= 15 is 0 Å². The SMILES string of the molecule is CCCCNCCC[C@@H](C)[C@H]1CC[C@H]2[C@@H]3[C@H](OCCCN)C[C@@H]4C[C@H](OCCCN)CC[C@]4(C)[C@H]3C[C@H](OCCCN)[C@]12C. The molecular weight excluding hydrogens is 548 g/mol. The van der Waals surface area contributed by atoms with Crippen molar-refractivity contribution >= 4 is 0 Å². The average Bonchev–Trinajstić information content (AvgIpc) is 3.38. The summed E-state index contributed by atoms with van der Waals surface area (Å²) in [7, 11) is 0. The minimum absolute atomic E-state index is 0.187. The van der Waals surface area contributed by atoms with Crippen LogP contribution in [0.25, 0.3) is 0 Å².